The molecule has 3 heteroatoms. The Hall–Kier alpha value is -2.13. The Morgan fingerprint density at radius 1 is 0.917 bits per heavy atom. The largest absolute Gasteiger partial charge is 0.476 e. The molecule has 1 atom stereocenters. The molecule has 2 aliphatic heterocycles. The molecule has 24 heavy (non-hydrogen) atoms. The summed E-state index contributed by atoms with van der Waals surface area (Å²) in [4.78, 5) is 4.84. The molecule has 2 aliphatic rings. The number of benzene rings is 2. The molecule has 2 aromatic rings. The summed E-state index contributed by atoms with van der Waals surface area (Å²) in [7, 11) is 0. The van der Waals surface area contributed by atoms with Crippen molar-refractivity contribution < 1.29 is 9.47 Å². The fourth-order valence-electron chi connectivity index (χ4n) is 3.79. The number of nitrogens with zero attached hydrogens (tertiary/aromatic N) is 1. The number of epoxide rings is 1. The summed E-state index contributed by atoms with van der Waals surface area (Å²) in [6.07, 6.45) is 0.811. The molecule has 4 rings (SSSR count). The van der Waals surface area contributed by atoms with Crippen LogP contribution in [0.2, 0.25) is 0 Å². The first-order valence-corrected chi connectivity index (χ1v) is 8.58. The molecular weight excluding hydrogens is 298 g/mol. The average Bonchev–Trinajstić information content (AvgIpc) is 3.19. The van der Waals surface area contributed by atoms with Crippen LogP contribution in [0.25, 0.3) is 0 Å². The van der Waals surface area contributed by atoms with Crippen LogP contribution in [0, 0.1) is 0 Å². The Labute approximate surface area is 143 Å². The maximum absolute atomic E-state index is 6.54. The zero-order chi connectivity index (χ0) is 16.8. The van der Waals surface area contributed by atoms with Crippen molar-refractivity contribution in [3.63, 3.8) is 0 Å². The molecule has 0 amide bonds. The van der Waals surface area contributed by atoms with Crippen molar-refractivity contribution in [2.45, 2.75) is 43.9 Å². The van der Waals surface area contributed by atoms with Crippen LogP contribution in [0.15, 0.2) is 65.7 Å². The highest BCUT2D eigenvalue weighted by Crippen LogP contribution is 2.63. The van der Waals surface area contributed by atoms with Crippen LogP contribution in [0.3, 0.4) is 0 Å². The molecule has 2 aromatic carbocycles. The van der Waals surface area contributed by atoms with Crippen LogP contribution in [0.4, 0.5) is 0 Å². The summed E-state index contributed by atoms with van der Waals surface area (Å²) in [6.45, 7) is 6.94. The Kier molecular flexibility index (Phi) is 3.33. The predicted molar refractivity (Wildman–Crippen MR) is 95.2 cm³/mol. The highest BCUT2D eigenvalue weighted by Gasteiger charge is 2.75. The Bertz CT molecular complexity index is 727. The number of ether oxygens (including phenoxy) is 2. The average molecular weight is 321 g/mol. The van der Waals surface area contributed by atoms with E-state index in [1.54, 1.807) is 0 Å². The second kappa shape index (κ2) is 5.18. The Balaban J connectivity index is 1.88. The topological polar surface area (TPSA) is 34.1 Å². The number of hydrogen-bond acceptors (Lipinski definition) is 3. The van der Waals surface area contributed by atoms with Crippen molar-refractivity contribution in [2.75, 3.05) is 6.61 Å². The quantitative estimate of drug-likeness (QED) is 0.786. The van der Waals surface area contributed by atoms with Crippen molar-refractivity contribution in [2.24, 2.45) is 4.99 Å². The molecule has 3 nitrogen and oxygen atoms in total. The van der Waals surface area contributed by atoms with Gasteiger partial charge < -0.3 is 9.47 Å². The molecule has 124 valence electrons. The van der Waals surface area contributed by atoms with Gasteiger partial charge in [0.15, 0.2) is 11.2 Å². The van der Waals surface area contributed by atoms with Crippen molar-refractivity contribution in [3.8, 4) is 0 Å². The minimum Gasteiger partial charge on any atom is -0.476 e. The van der Waals surface area contributed by atoms with Gasteiger partial charge in [-0.2, -0.15) is 0 Å². The zero-order valence-corrected chi connectivity index (χ0v) is 14.5. The van der Waals surface area contributed by atoms with E-state index in [9.17, 15) is 0 Å². The summed E-state index contributed by atoms with van der Waals surface area (Å²) in [5.41, 5.74) is 1.05. The molecule has 0 aromatic heterocycles. The molecule has 0 aliphatic carbocycles. The van der Waals surface area contributed by atoms with Crippen LogP contribution in [-0.4, -0.2) is 23.6 Å². The van der Waals surface area contributed by atoms with Crippen LogP contribution < -0.4 is 0 Å². The molecule has 2 heterocycles. The summed E-state index contributed by atoms with van der Waals surface area (Å²) in [6, 6.07) is 20.8. The second-order valence-electron chi connectivity index (χ2n) is 7.21. The first kappa shape index (κ1) is 15.4. The van der Waals surface area contributed by atoms with E-state index in [1.165, 1.54) is 0 Å². The van der Waals surface area contributed by atoms with Crippen molar-refractivity contribution in [3.05, 3.63) is 71.8 Å². The van der Waals surface area contributed by atoms with E-state index in [0.717, 1.165) is 23.4 Å². The van der Waals surface area contributed by atoms with Gasteiger partial charge in [0.2, 0.25) is 5.90 Å². The second-order valence-corrected chi connectivity index (χ2v) is 7.21. The van der Waals surface area contributed by atoms with E-state index in [0.29, 0.717) is 6.61 Å². The number of rotatable bonds is 4. The van der Waals surface area contributed by atoms with E-state index < -0.39 is 11.2 Å². The van der Waals surface area contributed by atoms with E-state index >= 15 is 0 Å². The third-order valence-corrected chi connectivity index (χ3v) is 5.02. The predicted octanol–water partition coefficient (Wildman–Crippen LogP) is 4.32. The van der Waals surface area contributed by atoms with Crippen LogP contribution in [-0.2, 0) is 15.1 Å². The van der Waals surface area contributed by atoms with Gasteiger partial charge in [-0.3, -0.25) is 0 Å². The van der Waals surface area contributed by atoms with Crippen molar-refractivity contribution in [1.82, 2.24) is 0 Å². The lowest BCUT2D eigenvalue weighted by atomic mass is 9.79. The SMILES string of the molecule is CCC1(C2=NC(C)(C)CO2)OC1(c1ccccc1)c1ccccc1. The normalized spacial score (nSPS) is 26.5. The van der Waals surface area contributed by atoms with E-state index in [-0.39, 0.29) is 5.54 Å². The van der Waals surface area contributed by atoms with Crippen molar-refractivity contribution >= 4 is 5.90 Å². The molecule has 1 unspecified atom stereocenters. The lowest BCUT2D eigenvalue weighted by Crippen LogP contribution is -2.33. The first-order chi connectivity index (χ1) is 11.5. The van der Waals surface area contributed by atoms with Gasteiger partial charge in [0, 0.05) is 0 Å². The molecule has 1 saturated heterocycles. The molecular formula is C21H23NO2. The maximum Gasteiger partial charge on any atom is 0.221 e. The lowest BCUT2D eigenvalue weighted by molar-refractivity contribution is 0.241. The standard InChI is InChI=1S/C21H23NO2/c1-4-20(18-22-19(2,3)15-23-18)21(24-20,16-11-7-5-8-12-16)17-13-9-6-10-14-17/h5-14H,4,15H2,1-3H3. The Morgan fingerprint density at radius 3 is 1.88 bits per heavy atom. The maximum atomic E-state index is 6.54. The molecule has 0 radical (unpaired) electrons. The third kappa shape index (κ3) is 2.04. The first-order valence-electron chi connectivity index (χ1n) is 8.58. The van der Waals surface area contributed by atoms with Crippen LogP contribution in [0.1, 0.15) is 38.3 Å². The lowest BCUT2D eigenvalue weighted by Gasteiger charge is -2.20. The highest BCUT2D eigenvalue weighted by molar-refractivity contribution is 5.93. The third-order valence-electron chi connectivity index (χ3n) is 5.02. The Morgan fingerprint density at radius 2 is 1.46 bits per heavy atom. The smallest absolute Gasteiger partial charge is 0.221 e. The van der Waals surface area contributed by atoms with Gasteiger partial charge in [-0.15, -0.1) is 0 Å². The molecule has 0 bridgehead atoms. The van der Waals surface area contributed by atoms with Gasteiger partial charge >= 0.3 is 0 Å². The van der Waals surface area contributed by atoms with Crippen LogP contribution >= 0.6 is 0 Å². The molecule has 0 spiro atoms. The van der Waals surface area contributed by atoms with Crippen molar-refractivity contribution in [1.29, 1.82) is 0 Å². The summed E-state index contributed by atoms with van der Waals surface area (Å²) in [5, 5.41) is 0. The fraction of sp³-hybridized carbons (Fsp3) is 0.381. The van der Waals surface area contributed by atoms with E-state index in [2.05, 4.69) is 69.3 Å². The van der Waals surface area contributed by atoms with Crippen LogP contribution in [0.5, 0.6) is 0 Å². The van der Waals surface area contributed by atoms with Gasteiger partial charge in [0.25, 0.3) is 0 Å². The van der Waals surface area contributed by atoms with Gasteiger partial charge in [-0.05, 0) is 31.4 Å². The van der Waals surface area contributed by atoms with Gasteiger partial charge in [-0.1, -0.05) is 67.6 Å². The van der Waals surface area contributed by atoms with E-state index in [1.807, 2.05) is 12.1 Å². The number of hydrogen-bond donors (Lipinski definition) is 0. The summed E-state index contributed by atoms with van der Waals surface area (Å²) < 4.78 is 12.5. The van der Waals surface area contributed by atoms with Gasteiger partial charge in [-0.25, -0.2) is 4.99 Å². The zero-order valence-electron chi connectivity index (χ0n) is 14.5. The van der Waals surface area contributed by atoms with E-state index in [4.69, 9.17) is 14.5 Å². The monoisotopic (exact) mass is 321 g/mol. The molecule has 1 fully saturated rings. The van der Waals surface area contributed by atoms with Gasteiger partial charge in [0.1, 0.15) is 6.61 Å². The highest BCUT2D eigenvalue weighted by atomic mass is 16.7. The fourth-order valence-corrected chi connectivity index (χ4v) is 3.79. The summed E-state index contributed by atoms with van der Waals surface area (Å²) in [5.74, 6) is 0.739. The molecule has 0 N–H and O–H groups in total. The van der Waals surface area contributed by atoms with Gasteiger partial charge in [0.05, 0.1) is 5.54 Å². The summed E-state index contributed by atoms with van der Waals surface area (Å²) >= 11 is 0. The molecule has 0 saturated carbocycles. The number of aliphatic imine (C=N–C) groups is 1. The minimum atomic E-state index is -0.524. The minimum absolute atomic E-state index is 0.192.